The molecule has 0 aliphatic rings. The van der Waals surface area contributed by atoms with Crippen LogP contribution in [-0.4, -0.2) is 12.5 Å². The van der Waals surface area contributed by atoms with Crippen LogP contribution < -0.4 is 15.8 Å². The Balaban J connectivity index is 1.97. The minimum Gasteiger partial charge on any atom is -0.483 e. The van der Waals surface area contributed by atoms with E-state index in [4.69, 9.17) is 22.1 Å². The molecule has 0 aliphatic heterocycles. The van der Waals surface area contributed by atoms with Crippen molar-refractivity contribution < 1.29 is 19.2 Å². The molecule has 0 spiro atoms. The molecule has 22 heavy (non-hydrogen) atoms. The molecule has 116 valence electrons. The summed E-state index contributed by atoms with van der Waals surface area (Å²) in [5, 5.41) is 2.63. The standard InChI is InChI=1S/C16H16ClFN2O2/c17-13-3-6-15(22-10-16(19)21)12(7-13)9-20-8-11-1-4-14(18)5-2-11/h1-7,20H,8-10H2,(H2,19,21)/p+1. The molecule has 2 rings (SSSR count). The molecule has 6 heteroatoms. The average molecular weight is 324 g/mol. The Morgan fingerprint density at radius 3 is 2.59 bits per heavy atom. The summed E-state index contributed by atoms with van der Waals surface area (Å²) >= 11 is 5.99. The molecule has 0 unspecified atom stereocenters. The fraction of sp³-hybridized carbons (Fsp3) is 0.188. The van der Waals surface area contributed by atoms with E-state index in [1.165, 1.54) is 12.1 Å². The van der Waals surface area contributed by atoms with Gasteiger partial charge in [-0.15, -0.1) is 0 Å². The highest BCUT2D eigenvalue weighted by Crippen LogP contribution is 2.22. The van der Waals surface area contributed by atoms with Crippen molar-refractivity contribution in [3.63, 3.8) is 0 Å². The lowest BCUT2D eigenvalue weighted by Gasteiger charge is -2.10. The number of quaternary nitrogens is 1. The topological polar surface area (TPSA) is 68.9 Å². The zero-order valence-corrected chi connectivity index (χ0v) is 12.6. The van der Waals surface area contributed by atoms with E-state index in [1.807, 2.05) is 5.32 Å². The van der Waals surface area contributed by atoms with Gasteiger partial charge in [-0.2, -0.15) is 0 Å². The van der Waals surface area contributed by atoms with Gasteiger partial charge in [0.25, 0.3) is 5.91 Å². The van der Waals surface area contributed by atoms with Crippen molar-refractivity contribution in [3.8, 4) is 5.75 Å². The molecule has 0 heterocycles. The highest BCUT2D eigenvalue weighted by Gasteiger charge is 2.08. The van der Waals surface area contributed by atoms with Crippen LogP contribution in [0.1, 0.15) is 11.1 Å². The number of ether oxygens (including phenoxy) is 1. The van der Waals surface area contributed by atoms with Crippen molar-refractivity contribution in [3.05, 3.63) is 64.4 Å². The van der Waals surface area contributed by atoms with E-state index < -0.39 is 5.91 Å². The summed E-state index contributed by atoms with van der Waals surface area (Å²) < 4.78 is 18.2. The SMILES string of the molecule is NC(=O)COc1ccc(Cl)cc1C[NH2+]Cc1ccc(F)cc1. The maximum atomic E-state index is 12.8. The van der Waals surface area contributed by atoms with Gasteiger partial charge < -0.3 is 15.8 Å². The van der Waals surface area contributed by atoms with Crippen molar-refractivity contribution in [2.45, 2.75) is 13.1 Å². The molecular weight excluding hydrogens is 307 g/mol. The van der Waals surface area contributed by atoms with E-state index in [9.17, 15) is 9.18 Å². The van der Waals surface area contributed by atoms with Crippen LogP contribution >= 0.6 is 11.6 Å². The van der Waals surface area contributed by atoms with Crippen molar-refractivity contribution in [2.75, 3.05) is 6.61 Å². The van der Waals surface area contributed by atoms with E-state index in [0.717, 1.165) is 11.1 Å². The quantitative estimate of drug-likeness (QED) is 0.812. The predicted molar refractivity (Wildman–Crippen MR) is 81.9 cm³/mol. The molecule has 0 radical (unpaired) electrons. The van der Waals surface area contributed by atoms with E-state index in [-0.39, 0.29) is 12.4 Å². The van der Waals surface area contributed by atoms with Crippen LogP contribution in [-0.2, 0) is 17.9 Å². The summed E-state index contributed by atoms with van der Waals surface area (Å²) in [5.74, 6) is -0.199. The van der Waals surface area contributed by atoms with E-state index in [0.29, 0.717) is 23.9 Å². The van der Waals surface area contributed by atoms with Gasteiger partial charge in [0.1, 0.15) is 24.7 Å². The van der Waals surface area contributed by atoms with Crippen molar-refractivity contribution in [1.29, 1.82) is 0 Å². The van der Waals surface area contributed by atoms with Gasteiger partial charge in [0.05, 0.1) is 0 Å². The van der Waals surface area contributed by atoms with Crippen LogP contribution in [0.3, 0.4) is 0 Å². The summed E-state index contributed by atoms with van der Waals surface area (Å²) in [6.07, 6.45) is 0. The van der Waals surface area contributed by atoms with Gasteiger partial charge in [0.2, 0.25) is 0 Å². The Morgan fingerprint density at radius 2 is 1.91 bits per heavy atom. The number of benzene rings is 2. The van der Waals surface area contributed by atoms with E-state index in [2.05, 4.69) is 0 Å². The second-order valence-corrected chi connectivity index (χ2v) is 5.27. The zero-order valence-electron chi connectivity index (χ0n) is 11.9. The van der Waals surface area contributed by atoms with Gasteiger partial charge >= 0.3 is 0 Å². The average Bonchev–Trinajstić information content (AvgIpc) is 2.48. The summed E-state index contributed by atoms with van der Waals surface area (Å²) in [6.45, 7) is 1.14. The number of hydrogen-bond acceptors (Lipinski definition) is 2. The van der Waals surface area contributed by atoms with Crippen molar-refractivity contribution >= 4 is 17.5 Å². The van der Waals surface area contributed by atoms with E-state index >= 15 is 0 Å². The van der Waals surface area contributed by atoms with Gasteiger partial charge in [0.15, 0.2) is 6.61 Å². The van der Waals surface area contributed by atoms with Crippen molar-refractivity contribution in [1.82, 2.24) is 0 Å². The second-order valence-electron chi connectivity index (χ2n) is 4.83. The molecule has 0 aromatic heterocycles. The predicted octanol–water partition coefficient (Wildman–Crippen LogP) is 1.61. The fourth-order valence-electron chi connectivity index (χ4n) is 2.01. The highest BCUT2D eigenvalue weighted by molar-refractivity contribution is 6.30. The molecule has 0 aliphatic carbocycles. The smallest absolute Gasteiger partial charge is 0.255 e. The summed E-state index contributed by atoms with van der Waals surface area (Å²) in [6, 6.07) is 11.6. The Bertz CT molecular complexity index is 647. The van der Waals surface area contributed by atoms with Crippen LogP contribution in [0.5, 0.6) is 5.75 Å². The molecule has 0 atom stereocenters. The van der Waals surface area contributed by atoms with Crippen LogP contribution in [0.4, 0.5) is 4.39 Å². The molecule has 4 nitrogen and oxygen atoms in total. The van der Waals surface area contributed by atoms with Crippen LogP contribution in [0.15, 0.2) is 42.5 Å². The first-order valence-electron chi connectivity index (χ1n) is 6.80. The fourth-order valence-corrected chi connectivity index (χ4v) is 2.21. The van der Waals surface area contributed by atoms with Crippen LogP contribution in [0, 0.1) is 5.82 Å². The number of carbonyl (C=O) groups excluding carboxylic acids is 1. The minimum absolute atomic E-state index is 0.174. The second kappa shape index (κ2) is 7.77. The normalized spacial score (nSPS) is 10.5. The first-order valence-corrected chi connectivity index (χ1v) is 7.18. The molecule has 0 bridgehead atoms. The van der Waals surface area contributed by atoms with Gasteiger partial charge in [-0.3, -0.25) is 4.79 Å². The van der Waals surface area contributed by atoms with Crippen LogP contribution in [0.2, 0.25) is 5.02 Å². The Hall–Kier alpha value is -2.11. The summed E-state index contributed by atoms with van der Waals surface area (Å²) in [4.78, 5) is 10.8. The molecule has 4 N–H and O–H groups in total. The number of rotatable bonds is 7. The Labute approximate surface area is 133 Å². The van der Waals surface area contributed by atoms with Gasteiger partial charge in [-0.1, -0.05) is 23.7 Å². The molecule has 0 saturated heterocycles. The maximum absolute atomic E-state index is 12.8. The van der Waals surface area contributed by atoms with Crippen LogP contribution in [0.25, 0.3) is 0 Å². The molecule has 1 amide bonds. The lowest BCUT2D eigenvalue weighted by Crippen LogP contribution is -2.80. The largest absolute Gasteiger partial charge is 0.483 e. The van der Waals surface area contributed by atoms with Gasteiger partial charge in [0, 0.05) is 16.1 Å². The monoisotopic (exact) mass is 323 g/mol. The molecule has 2 aromatic carbocycles. The maximum Gasteiger partial charge on any atom is 0.255 e. The minimum atomic E-state index is -0.531. The lowest BCUT2D eigenvalue weighted by atomic mass is 10.2. The third-order valence-electron chi connectivity index (χ3n) is 3.05. The Kier molecular flexibility index (Phi) is 5.75. The summed E-state index contributed by atoms with van der Waals surface area (Å²) in [7, 11) is 0. The number of nitrogens with two attached hydrogens (primary N) is 2. The highest BCUT2D eigenvalue weighted by atomic mass is 35.5. The number of amides is 1. The molecule has 2 aromatic rings. The van der Waals surface area contributed by atoms with Gasteiger partial charge in [-0.25, -0.2) is 4.39 Å². The first kappa shape index (κ1) is 16.3. The number of halogens is 2. The third-order valence-corrected chi connectivity index (χ3v) is 3.29. The number of primary amides is 1. The molecular formula is C16H17ClFN2O2+. The number of carbonyl (C=O) groups is 1. The number of hydrogen-bond donors (Lipinski definition) is 2. The molecule has 0 fully saturated rings. The third kappa shape index (κ3) is 5.02. The summed E-state index contributed by atoms with van der Waals surface area (Å²) in [5.41, 5.74) is 6.97. The van der Waals surface area contributed by atoms with E-state index in [1.54, 1.807) is 30.3 Å². The zero-order chi connectivity index (χ0) is 15.9. The lowest BCUT2D eigenvalue weighted by molar-refractivity contribution is -0.686. The van der Waals surface area contributed by atoms with Gasteiger partial charge in [-0.05, 0) is 30.3 Å². The Morgan fingerprint density at radius 1 is 1.18 bits per heavy atom. The molecule has 0 saturated carbocycles. The van der Waals surface area contributed by atoms with Crippen molar-refractivity contribution in [2.24, 2.45) is 5.73 Å². The first-order chi connectivity index (χ1) is 10.5.